The first kappa shape index (κ1) is 6.47. The first-order chi connectivity index (χ1) is 4.72. The van der Waals surface area contributed by atoms with E-state index >= 15 is 0 Å². The number of hydrogen-bond acceptors (Lipinski definition) is 4. The monoisotopic (exact) mass is 139 g/mol. The summed E-state index contributed by atoms with van der Waals surface area (Å²) >= 11 is 0. The summed E-state index contributed by atoms with van der Waals surface area (Å²) in [5.74, 6) is -1.16. The molecule has 0 aromatic carbocycles. The van der Waals surface area contributed by atoms with Gasteiger partial charge < -0.3 is 10.8 Å². The van der Waals surface area contributed by atoms with Gasteiger partial charge >= 0.3 is 5.97 Å². The number of hydrogen-bond donors (Lipinski definition) is 2. The van der Waals surface area contributed by atoms with Crippen LogP contribution in [0, 0.1) is 0 Å². The minimum atomic E-state index is -1.16. The number of carboxylic acid groups (broad SMARTS) is 1. The molecule has 0 fully saturated rings. The fourth-order valence-electron chi connectivity index (χ4n) is 0.508. The molecule has 3 N–H and O–H groups in total. The molecule has 0 unspecified atom stereocenters. The highest BCUT2D eigenvalue weighted by Crippen LogP contribution is 2.03. The van der Waals surface area contributed by atoms with Crippen LogP contribution in [-0.4, -0.2) is 21.3 Å². The number of nitrogens with zero attached hydrogens (tertiary/aromatic N) is 2. The van der Waals surface area contributed by atoms with Crippen LogP contribution in [0.2, 0.25) is 0 Å². The smallest absolute Gasteiger partial charge is 0.358 e. The average Bonchev–Trinajstić information content (AvgIpc) is 1.88. The summed E-state index contributed by atoms with van der Waals surface area (Å²) in [5.41, 5.74) is 5.16. The Bertz CT molecular complexity index is 261. The van der Waals surface area contributed by atoms with Gasteiger partial charge in [0.15, 0.2) is 5.69 Å². The van der Waals surface area contributed by atoms with Crippen molar-refractivity contribution in [2.75, 3.05) is 5.73 Å². The van der Waals surface area contributed by atoms with E-state index in [0.29, 0.717) is 0 Å². The second-order valence-corrected chi connectivity index (χ2v) is 1.64. The van der Waals surface area contributed by atoms with Crippen LogP contribution >= 0.6 is 0 Å². The van der Waals surface area contributed by atoms with Crippen molar-refractivity contribution in [3.05, 3.63) is 18.0 Å². The van der Waals surface area contributed by atoms with Crippen molar-refractivity contribution in [3.8, 4) is 0 Å². The van der Waals surface area contributed by atoms with E-state index in [9.17, 15) is 4.79 Å². The number of aromatic nitrogens is 2. The Morgan fingerprint density at radius 1 is 1.70 bits per heavy atom. The Morgan fingerprint density at radius 2 is 2.40 bits per heavy atom. The molecule has 0 atom stereocenters. The molecule has 0 aliphatic heterocycles. The van der Waals surface area contributed by atoms with E-state index in [2.05, 4.69) is 10.2 Å². The summed E-state index contributed by atoms with van der Waals surface area (Å²) in [6, 6.07) is 1.39. The molecule has 0 saturated carbocycles. The van der Waals surface area contributed by atoms with Crippen molar-refractivity contribution in [1.29, 1.82) is 0 Å². The lowest BCUT2D eigenvalue weighted by atomic mass is 10.3. The van der Waals surface area contributed by atoms with Gasteiger partial charge in [-0.25, -0.2) is 4.79 Å². The van der Waals surface area contributed by atoms with Crippen molar-refractivity contribution < 1.29 is 9.90 Å². The Morgan fingerprint density at radius 3 is 2.80 bits per heavy atom. The van der Waals surface area contributed by atoms with Gasteiger partial charge in [-0.3, -0.25) is 0 Å². The van der Waals surface area contributed by atoms with Gasteiger partial charge in [-0.15, -0.1) is 5.10 Å². The zero-order chi connectivity index (χ0) is 7.56. The first-order valence-corrected chi connectivity index (χ1v) is 2.52. The molecule has 0 aliphatic carbocycles. The predicted octanol–water partition coefficient (Wildman–Crippen LogP) is -0.243. The molecule has 1 rings (SSSR count). The largest absolute Gasteiger partial charge is 0.476 e. The quantitative estimate of drug-likeness (QED) is 0.560. The Balaban J connectivity index is 3.15. The van der Waals surface area contributed by atoms with E-state index in [1.807, 2.05) is 0 Å². The summed E-state index contributed by atoms with van der Waals surface area (Å²) in [6.07, 6.45) is 1.34. The van der Waals surface area contributed by atoms with Gasteiger partial charge in [0.05, 0.1) is 11.9 Å². The van der Waals surface area contributed by atoms with Gasteiger partial charge in [0.2, 0.25) is 0 Å². The number of nitrogens with two attached hydrogens (primary N) is 1. The van der Waals surface area contributed by atoms with Gasteiger partial charge in [-0.2, -0.15) is 5.10 Å². The van der Waals surface area contributed by atoms with Crippen molar-refractivity contribution >= 4 is 11.7 Å². The zero-order valence-corrected chi connectivity index (χ0v) is 4.98. The number of nitrogen functional groups attached to an aromatic ring is 1. The summed E-state index contributed by atoms with van der Waals surface area (Å²) in [5, 5.41) is 15.0. The molecule has 1 aromatic rings. The number of aromatic carboxylic acids is 1. The summed E-state index contributed by atoms with van der Waals surface area (Å²) in [6.45, 7) is 0. The van der Waals surface area contributed by atoms with E-state index in [0.717, 1.165) is 0 Å². The SMILES string of the molecule is Nc1ccnnc1C(=O)O. The first-order valence-electron chi connectivity index (χ1n) is 2.52. The summed E-state index contributed by atoms with van der Waals surface area (Å²) < 4.78 is 0. The standard InChI is InChI=1S/C5H5N3O2/c6-3-1-2-7-8-4(3)5(9)10/h1-2H,(H2,6,7)(H,9,10). The topological polar surface area (TPSA) is 89.1 Å². The summed E-state index contributed by atoms with van der Waals surface area (Å²) in [4.78, 5) is 10.2. The molecule has 52 valence electrons. The molecular formula is C5H5N3O2. The highest BCUT2D eigenvalue weighted by Gasteiger charge is 2.07. The average molecular weight is 139 g/mol. The van der Waals surface area contributed by atoms with Crippen molar-refractivity contribution in [2.45, 2.75) is 0 Å². The lowest BCUT2D eigenvalue weighted by Crippen LogP contribution is -2.05. The van der Waals surface area contributed by atoms with Crippen molar-refractivity contribution in [2.24, 2.45) is 0 Å². The molecule has 5 nitrogen and oxygen atoms in total. The molecule has 0 aliphatic rings. The Labute approximate surface area is 56.5 Å². The lowest BCUT2D eigenvalue weighted by molar-refractivity contribution is 0.0690. The van der Waals surface area contributed by atoms with Gasteiger partial charge in [0, 0.05) is 0 Å². The molecule has 1 aromatic heterocycles. The van der Waals surface area contributed by atoms with Crippen molar-refractivity contribution in [1.82, 2.24) is 10.2 Å². The van der Waals surface area contributed by atoms with Gasteiger partial charge in [0.1, 0.15) is 0 Å². The highest BCUT2D eigenvalue weighted by molar-refractivity contribution is 5.90. The fourth-order valence-corrected chi connectivity index (χ4v) is 0.508. The van der Waals surface area contributed by atoms with Gasteiger partial charge in [0.25, 0.3) is 0 Å². The van der Waals surface area contributed by atoms with E-state index < -0.39 is 5.97 Å². The van der Waals surface area contributed by atoms with Crippen molar-refractivity contribution in [3.63, 3.8) is 0 Å². The lowest BCUT2D eigenvalue weighted by Gasteiger charge is -1.93. The van der Waals surface area contributed by atoms with Gasteiger partial charge in [-0.1, -0.05) is 0 Å². The normalized spacial score (nSPS) is 9.20. The molecule has 0 spiro atoms. The number of carboxylic acids is 1. The molecular weight excluding hydrogens is 134 g/mol. The molecule has 1 heterocycles. The third-order valence-corrected chi connectivity index (χ3v) is 0.955. The number of rotatable bonds is 1. The van der Waals surface area contributed by atoms with E-state index in [1.165, 1.54) is 12.3 Å². The van der Waals surface area contributed by atoms with Crippen LogP contribution < -0.4 is 5.73 Å². The third-order valence-electron chi connectivity index (χ3n) is 0.955. The maximum absolute atomic E-state index is 10.2. The molecule has 0 bridgehead atoms. The second-order valence-electron chi connectivity index (χ2n) is 1.64. The van der Waals surface area contributed by atoms with Crippen LogP contribution in [-0.2, 0) is 0 Å². The summed E-state index contributed by atoms with van der Waals surface area (Å²) in [7, 11) is 0. The Kier molecular flexibility index (Phi) is 1.49. The van der Waals surface area contributed by atoms with Crippen LogP contribution in [0.1, 0.15) is 10.5 Å². The van der Waals surface area contributed by atoms with Crippen LogP contribution in [0.15, 0.2) is 12.3 Å². The predicted molar refractivity (Wildman–Crippen MR) is 33.4 cm³/mol. The number of anilines is 1. The maximum Gasteiger partial charge on any atom is 0.358 e. The minimum Gasteiger partial charge on any atom is -0.476 e. The molecule has 0 radical (unpaired) electrons. The van der Waals surface area contributed by atoms with E-state index in [4.69, 9.17) is 10.8 Å². The molecule has 10 heavy (non-hydrogen) atoms. The molecule has 0 amide bonds. The highest BCUT2D eigenvalue weighted by atomic mass is 16.4. The van der Waals surface area contributed by atoms with Crippen LogP contribution in [0.3, 0.4) is 0 Å². The van der Waals surface area contributed by atoms with Crippen LogP contribution in [0.4, 0.5) is 5.69 Å². The second kappa shape index (κ2) is 2.30. The molecule has 0 saturated heterocycles. The van der Waals surface area contributed by atoms with Gasteiger partial charge in [-0.05, 0) is 6.07 Å². The minimum absolute atomic E-state index is 0.127. The van der Waals surface area contributed by atoms with E-state index in [1.54, 1.807) is 0 Å². The van der Waals surface area contributed by atoms with E-state index in [-0.39, 0.29) is 11.4 Å². The van der Waals surface area contributed by atoms with Crippen LogP contribution in [0.5, 0.6) is 0 Å². The maximum atomic E-state index is 10.2. The number of carbonyl (C=O) groups is 1. The zero-order valence-electron chi connectivity index (χ0n) is 4.98. The fraction of sp³-hybridized carbons (Fsp3) is 0. The molecule has 5 heteroatoms. The Hall–Kier alpha value is -1.65. The third kappa shape index (κ3) is 1.02. The van der Waals surface area contributed by atoms with Crippen LogP contribution in [0.25, 0.3) is 0 Å².